The summed E-state index contributed by atoms with van der Waals surface area (Å²) in [4.78, 5) is 1.43. The van der Waals surface area contributed by atoms with E-state index in [1.54, 1.807) is 0 Å². The Hall–Kier alpha value is -0.470. The Bertz CT molecular complexity index is 374. The van der Waals surface area contributed by atoms with E-state index in [2.05, 4.69) is 58.1 Å². The Kier molecular flexibility index (Phi) is 7.55. The van der Waals surface area contributed by atoms with Gasteiger partial charge in [-0.3, -0.25) is 0 Å². The highest BCUT2D eigenvalue weighted by atomic mass is 32.2. The van der Waals surface area contributed by atoms with Gasteiger partial charge in [-0.25, -0.2) is 0 Å². The molecule has 108 valence electrons. The number of benzene rings is 1. The minimum Gasteiger partial charge on any atom is -0.313 e. The molecule has 0 heterocycles. The summed E-state index contributed by atoms with van der Waals surface area (Å²) < 4.78 is 0. The standard InChI is InChI=1S/C17H29NS/c1-13(2)6-9-16(5)18-10-11-19-17-12-14(3)7-8-15(17)4/h7-8,12-13,16,18H,6,9-11H2,1-5H3. The minimum absolute atomic E-state index is 0.640. The molecule has 0 saturated heterocycles. The molecule has 2 heteroatoms. The largest absolute Gasteiger partial charge is 0.313 e. The molecule has 0 amide bonds. The fraction of sp³-hybridized carbons (Fsp3) is 0.647. The van der Waals surface area contributed by atoms with Crippen LogP contribution in [0, 0.1) is 19.8 Å². The van der Waals surface area contributed by atoms with E-state index in [-0.39, 0.29) is 0 Å². The van der Waals surface area contributed by atoms with Crippen molar-refractivity contribution in [2.75, 3.05) is 12.3 Å². The lowest BCUT2D eigenvalue weighted by Gasteiger charge is -2.15. The molecule has 1 rings (SSSR count). The molecule has 0 fully saturated rings. The third-order valence-corrected chi connectivity index (χ3v) is 4.53. The second-order valence-electron chi connectivity index (χ2n) is 5.94. The van der Waals surface area contributed by atoms with E-state index >= 15 is 0 Å². The zero-order valence-electron chi connectivity index (χ0n) is 13.1. The van der Waals surface area contributed by atoms with Crippen molar-refractivity contribution in [3.63, 3.8) is 0 Å². The summed E-state index contributed by atoms with van der Waals surface area (Å²) >= 11 is 1.97. The molecule has 0 saturated carbocycles. The van der Waals surface area contributed by atoms with Gasteiger partial charge in [0.1, 0.15) is 0 Å². The lowest BCUT2D eigenvalue weighted by molar-refractivity contribution is 0.460. The van der Waals surface area contributed by atoms with Crippen molar-refractivity contribution in [2.24, 2.45) is 5.92 Å². The highest BCUT2D eigenvalue weighted by Gasteiger charge is 2.04. The summed E-state index contributed by atoms with van der Waals surface area (Å²) in [5.41, 5.74) is 2.75. The zero-order chi connectivity index (χ0) is 14.3. The highest BCUT2D eigenvalue weighted by Crippen LogP contribution is 2.23. The number of aryl methyl sites for hydroxylation is 2. The number of nitrogens with one attached hydrogen (secondary N) is 1. The van der Waals surface area contributed by atoms with Gasteiger partial charge in [0.05, 0.1) is 0 Å². The van der Waals surface area contributed by atoms with Gasteiger partial charge in [0.25, 0.3) is 0 Å². The average molecular weight is 279 g/mol. The van der Waals surface area contributed by atoms with Crippen molar-refractivity contribution in [3.05, 3.63) is 29.3 Å². The van der Waals surface area contributed by atoms with Crippen LogP contribution in [0.15, 0.2) is 23.1 Å². The number of hydrogen-bond acceptors (Lipinski definition) is 2. The maximum absolute atomic E-state index is 3.62. The summed E-state index contributed by atoms with van der Waals surface area (Å²) in [7, 11) is 0. The Morgan fingerprint density at radius 1 is 1.11 bits per heavy atom. The molecule has 0 bridgehead atoms. The van der Waals surface area contributed by atoms with Crippen LogP contribution in [-0.2, 0) is 0 Å². The molecule has 1 N–H and O–H groups in total. The van der Waals surface area contributed by atoms with Gasteiger partial charge >= 0.3 is 0 Å². The summed E-state index contributed by atoms with van der Waals surface area (Å²) in [6.45, 7) is 12.3. The van der Waals surface area contributed by atoms with Crippen molar-refractivity contribution < 1.29 is 0 Å². The monoisotopic (exact) mass is 279 g/mol. The third-order valence-electron chi connectivity index (χ3n) is 3.37. The normalized spacial score (nSPS) is 12.9. The van der Waals surface area contributed by atoms with Crippen molar-refractivity contribution in [1.82, 2.24) is 5.32 Å². The van der Waals surface area contributed by atoms with E-state index in [0.717, 1.165) is 18.2 Å². The first-order chi connectivity index (χ1) is 8.99. The molecule has 0 aliphatic carbocycles. The Labute approximate surface area is 123 Å². The van der Waals surface area contributed by atoms with Crippen LogP contribution < -0.4 is 5.32 Å². The molecular weight excluding hydrogens is 250 g/mol. The van der Waals surface area contributed by atoms with E-state index in [1.165, 1.54) is 28.9 Å². The predicted octanol–water partition coefficient (Wildman–Crippen LogP) is 4.81. The molecule has 1 aromatic rings. The lowest BCUT2D eigenvalue weighted by atomic mass is 10.0. The summed E-state index contributed by atoms with van der Waals surface area (Å²) in [6, 6.07) is 7.34. The van der Waals surface area contributed by atoms with Crippen molar-refractivity contribution in [3.8, 4) is 0 Å². The van der Waals surface area contributed by atoms with Crippen LogP contribution in [-0.4, -0.2) is 18.3 Å². The van der Waals surface area contributed by atoms with Gasteiger partial charge in [-0.05, 0) is 51.2 Å². The molecule has 1 aromatic carbocycles. The number of rotatable bonds is 8. The fourth-order valence-corrected chi connectivity index (χ4v) is 3.02. The van der Waals surface area contributed by atoms with E-state index in [0.29, 0.717) is 6.04 Å². The SMILES string of the molecule is Cc1ccc(C)c(SCCNC(C)CCC(C)C)c1. The number of hydrogen-bond donors (Lipinski definition) is 1. The Balaban J connectivity index is 2.21. The minimum atomic E-state index is 0.640. The molecule has 0 aliphatic heterocycles. The van der Waals surface area contributed by atoms with E-state index < -0.39 is 0 Å². The molecule has 1 nitrogen and oxygen atoms in total. The van der Waals surface area contributed by atoms with Crippen LogP contribution >= 0.6 is 11.8 Å². The zero-order valence-corrected chi connectivity index (χ0v) is 13.9. The van der Waals surface area contributed by atoms with Gasteiger partial charge in [-0.15, -0.1) is 11.8 Å². The smallest absolute Gasteiger partial charge is 0.0106 e. The first-order valence-electron chi connectivity index (χ1n) is 7.42. The molecule has 0 spiro atoms. The quantitative estimate of drug-likeness (QED) is 0.541. The molecule has 1 unspecified atom stereocenters. The van der Waals surface area contributed by atoms with Crippen molar-refractivity contribution in [1.29, 1.82) is 0 Å². The van der Waals surface area contributed by atoms with E-state index in [9.17, 15) is 0 Å². The Morgan fingerprint density at radius 3 is 2.53 bits per heavy atom. The van der Waals surface area contributed by atoms with Crippen LogP contribution in [0.5, 0.6) is 0 Å². The summed E-state index contributed by atoms with van der Waals surface area (Å²) in [5, 5.41) is 3.62. The second kappa shape index (κ2) is 8.65. The van der Waals surface area contributed by atoms with E-state index in [4.69, 9.17) is 0 Å². The first kappa shape index (κ1) is 16.6. The van der Waals surface area contributed by atoms with Crippen LogP contribution in [0.3, 0.4) is 0 Å². The maximum atomic E-state index is 3.62. The van der Waals surface area contributed by atoms with Crippen LogP contribution in [0.1, 0.15) is 44.7 Å². The molecule has 1 atom stereocenters. The average Bonchev–Trinajstić information content (AvgIpc) is 2.36. The molecular formula is C17H29NS. The summed E-state index contributed by atoms with van der Waals surface area (Å²) in [6.07, 6.45) is 2.60. The topological polar surface area (TPSA) is 12.0 Å². The van der Waals surface area contributed by atoms with Gasteiger partial charge in [0, 0.05) is 23.2 Å². The Morgan fingerprint density at radius 2 is 1.84 bits per heavy atom. The van der Waals surface area contributed by atoms with Gasteiger partial charge in [-0.1, -0.05) is 31.5 Å². The van der Waals surface area contributed by atoms with Crippen molar-refractivity contribution >= 4 is 11.8 Å². The van der Waals surface area contributed by atoms with Crippen LogP contribution in [0.2, 0.25) is 0 Å². The van der Waals surface area contributed by atoms with Crippen molar-refractivity contribution in [2.45, 2.75) is 58.4 Å². The second-order valence-corrected chi connectivity index (χ2v) is 7.08. The number of thioether (sulfide) groups is 1. The van der Waals surface area contributed by atoms with Gasteiger partial charge in [0.2, 0.25) is 0 Å². The van der Waals surface area contributed by atoms with Crippen LogP contribution in [0.4, 0.5) is 0 Å². The maximum Gasteiger partial charge on any atom is 0.0106 e. The van der Waals surface area contributed by atoms with Gasteiger partial charge < -0.3 is 5.32 Å². The highest BCUT2D eigenvalue weighted by molar-refractivity contribution is 7.99. The summed E-state index contributed by atoms with van der Waals surface area (Å²) in [5.74, 6) is 1.96. The molecule has 0 aromatic heterocycles. The molecule has 0 radical (unpaired) electrons. The van der Waals surface area contributed by atoms with Gasteiger partial charge in [0.15, 0.2) is 0 Å². The fourth-order valence-electron chi connectivity index (χ4n) is 2.01. The van der Waals surface area contributed by atoms with Gasteiger partial charge in [-0.2, -0.15) is 0 Å². The lowest BCUT2D eigenvalue weighted by Crippen LogP contribution is -2.28. The predicted molar refractivity (Wildman–Crippen MR) is 88.2 cm³/mol. The molecule has 19 heavy (non-hydrogen) atoms. The van der Waals surface area contributed by atoms with E-state index in [1.807, 2.05) is 11.8 Å². The third kappa shape index (κ3) is 7.03. The van der Waals surface area contributed by atoms with Crippen LogP contribution in [0.25, 0.3) is 0 Å². The molecule has 0 aliphatic rings. The first-order valence-corrected chi connectivity index (χ1v) is 8.41.